The molecule has 17 heavy (non-hydrogen) atoms. The minimum Gasteiger partial charge on any atom is -0.354 e. The molecule has 1 heterocycles. The Morgan fingerprint density at radius 3 is 3.00 bits per heavy atom. The zero-order valence-corrected chi connectivity index (χ0v) is 10.2. The maximum Gasteiger partial charge on any atom is 0.239 e. The molecular formula is C13H20N2O2. The molecule has 1 N–H and O–H groups in total. The van der Waals surface area contributed by atoms with Gasteiger partial charge in [-0.25, -0.2) is 0 Å². The summed E-state index contributed by atoms with van der Waals surface area (Å²) in [6.07, 6.45) is 8.14. The lowest BCUT2D eigenvalue weighted by Crippen LogP contribution is -2.37. The van der Waals surface area contributed by atoms with Crippen molar-refractivity contribution >= 4 is 11.8 Å². The lowest BCUT2D eigenvalue weighted by atomic mass is 9.97. The molecule has 0 unspecified atom stereocenters. The van der Waals surface area contributed by atoms with Gasteiger partial charge in [0, 0.05) is 19.5 Å². The van der Waals surface area contributed by atoms with Crippen molar-refractivity contribution in [1.82, 2.24) is 10.2 Å². The van der Waals surface area contributed by atoms with Gasteiger partial charge in [-0.3, -0.25) is 9.59 Å². The summed E-state index contributed by atoms with van der Waals surface area (Å²) in [6, 6.07) is 0. The maximum absolute atomic E-state index is 12.1. The van der Waals surface area contributed by atoms with Gasteiger partial charge in [0.15, 0.2) is 0 Å². The molecule has 2 aliphatic rings. The lowest BCUT2D eigenvalue weighted by molar-refractivity contribution is -0.134. The lowest BCUT2D eigenvalue weighted by Gasteiger charge is -2.21. The Labute approximate surface area is 102 Å². The van der Waals surface area contributed by atoms with Crippen molar-refractivity contribution < 1.29 is 9.59 Å². The van der Waals surface area contributed by atoms with Crippen LogP contribution in [0, 0.1) is 0 Å². The summed E-state index contributed by atoms with van der Waals surface area (Å²) < 4.78 is 0. The number of carbonyl (C=O) groups excluding carboxylic acids is 2. The summed E-state index contributed by atoms with van der Waals surface area (Å²) >= 11 is 0. The molecule has 0 atom stereocenters. The van der Waals surface area contributed by atoms with Crippen LogP contribution in [-0.2, 0) is 9.59 Å². The number of amides is 2. The van der Waals surface area contributed by atoms with E-state index in [4.69, 9.17) is 0 Å². The minimum absolute atomic E-state index is 0.0338. The molecule has 94 valence electrons. The highest BCUT2D eigenvalue weighted by atomic mass is 16.2. The van der Waals surface area contributed by atoms with Crippen LogP contribution in [-0.4, -0.2) is 36.3 Å². The SMILES string of the molecule is O=C1CN(C(=O)CC2=CCCCC2)CCCN1. The summed E-state index contributed by atoms with van der Waals surface area (Å²) in [7, 11) is 0. The molecule has 0 aromatic heterocycles. The summed E-state index contributed by atoms with van der Waals surface area (Å²) in [4.78, 5) is 25.1. The highest BCUT2D eigenvalue weighted by Crippen LogP contribution is 2.20. The van der Waals surface area contributed by atoms with Gasteiger partial charge in [0.2, 0.25) is 11.8 Å². The maximum atomic E-state index is 12.1. The van der Waals surface area contributed by atoms with Crippen molar-refractivity contribution in [2.24, 2.45) is 0 Å². The highest BCUT2D eigenvalue weighted by molar-refractivity contribution is 5.86. The fraction of sp³-hybridized carbons (Fsp3) is 0.692. The summed E-state index contributed by atoms with van der Waals surface area (Å²) in [5.41, 5.74) is 1.26. The molecule has 4 heteroatoms. The number of hydrogen-bond acceptors (Lipinski definition) is 2. The number of carbonyl (C=O) groups is 2. The molecule has 0 aromatic carbocycles. The van der Waals surface area contributed by atoms with Crippen LogP contribution in [0.3, 0.4) is 0 Å². The van der Waals surface area contributed by atoms with Crippen molar-refractivity contribution in [1.29, 1.82) is 0 Å². The van der Waals surface area contributed by atoms with Gasteiger partial charge < -0.3 is 10.2 Å². The molecule has 1 fully saturated rings. The van der Waals surface area contributed by atoms with Crippen molar-refractivity contribution in [2.45, 2.75) is 38.5 Å². The van der Waals surface area contributed by atoms with Crippen LogP contribution >= 0.6 is 0 Å². The monoisotopic (exact) mass is 236 g/mol. The smallest absolute Gasteiger partial charge is 0.239 e. The first-order chi connectivity index (χ1) is 8.25. The topological polar surface area (TPSA) is 49.4 Å². The normalized spacial score (nSPS) is 21.5. The Morgan fingerprint density at radius 2 is 2.24 bits per heavy atom. The number of nitrogens with one attached hydrogen (secondary N) is 1. The van der Waals surface area contributed by atoms with E-state index in [0.717, 1.165) is 19.3 Å². The molecule has 0 radical (unpaired) electrons. The largest absolute Gasteiger partial charge is 0.354 e. The highest BCUT2D eigenvalue weighted by Gasteiger charge is 2.20. The van der Waals surface area contributed by atoms with Gasteiger partial charge in [-0.1, -0.05) is 11.6 Å². The van der Waals surface area contributed by atoms with Gasteiger partial charge in [0.25, 0.3) is 0 Å². The molecule has 2 rings (SSSR count). The zero-order valence-electron chi connectivity index (χ0n) is 10.2. The predicted molar refractivity (Wildman–Crippen MR) is 65.4 cm³/mol. The van der Waals surface area contributed by atoms with Crippen LogP contribution < -0.4 is 5.32 Å². The minimum atomic E-state index is -0.0338. The van der Waals surface area contributed by atoms with Gasteiger partial charge in [0.1, 0.15) is 0 Å². The molecule has 0 bridgehead atoms. The second-order valence-corrected chi connectivity index (χ2v) is 4.80. The van der Waals surface area contributed by atoms with E-state index >= 15 is 0 Å². The quantitative estimate of drug-likeness (QED) is 0.733. The standard InChI is InChI=1S/C13H20N2O2/c16-12-10-15(8-4-7-14-12)13(17)9-11-5-2-1-3-6-11/h5H,1-4,6-10H2,(H,14,16). The Morgan fingerprint density at radius 1 is 1.35 bits per heavy atom. The van der Waals surface area contributed by atoms with Crippen molar-refractivity contribution in [3.63, 3.8) is 0 Å². The van der Waals surface area contributed by atoms with E-state index in [1.54, 1.807) is 4.90 Å². The molecule has 1 aliphatic carbocycles. The van der Waals surface area contributed by atoms with Gasteiger partial charge >= 0.3 is 0 Å². The molecular weight excluding hydrogens is 216 g/mol. The van der Waals surface area contributed by atoms with E-state index in [0.29, 0.717) is 19.5 Å². The van der Waals surface area contributed by atoms with E-state index in [1.807, 2.05) is 0 Å². The summed E-state index contributed by atoms with van der Waals surface area (Å²) in [5, 5.41) is 2.79. The molecule has 4 nitrogen and oxygen atoms in total. The Kier molecular flexibility index (Phi) is 4.18. The van der Waals surface area contributed by atoms with Gasteiger partial charge in [-0.05, 0) is 32.1 Å². The number of rotatable bonds is 2. The molecule has 0 spiro atoms. The number of nitrogens with zero attached hydrogens (tertiary/aromatic N) is 1. The fourth-order valence-electron chi connectivity index (χ4n) is 2.39. The number of hydrogen-bond donors (Lipinski definition) is 1. The van der Waals surface area contributed by atoms with Crippen LogP contribution in [0.4, 0.5) is 0 Å². The van der Waals surface area contributed by atoms with E-state index in [1.165, 1.54) is 18.4 Å². The molecule has 0 aromatic rings. The second kappa shape index (κ2) is 5.84. The van der Waals surface area contributed by atoms with Crippen LogP contribution in [0.25, 0.3) is 0 Å². The van der Waals surface area contributed by atoms with Crippen LogP contribution in [0.5, 0.6) is 0 Å². The Hall–Kier alpha value is -1.32. The first-order valence-corrected chi connectivity index (χ1v) is 6.48. The zero-order chi connectivity index (χ0) is 12.1. The van der Waals surface area contributed by atoms with Crippen LogP contribution in [0.15, 0.2) is 11.6 Å². The van der Waals surface area contributed by atoms with Crippen molar-refractivity contribution in [3.05, 3.63) is 11.6 Å². The van der Waals surface area contributed by atoms with Gasteiger partial charge in [-0.15, -0.1) is 0 Å². The summed E-state index contributed by atoms with van der Waals surface area (Å²) in [5.74, 6) is 0.0728. The first-order valence-electron chi connectivity index (χ1n) is 6.48. The van der Waals surface area contributed by atoms with E-state index < -0.39 is 0 Å². The van der Waals surface area contributed by atoms with E-state index in [9.17, 15) is 9.59 Å². The molecule has 2 amide bonds. The predicted octanol–water partition coefficient (Wildman–Crippen LogP) is 1.23. The average molecular weight is 236 g/mol. The third-order valence-corrected chi connectivity index (χ3v) is 3.38. The Bertz CT molecular complexity index is 336. The van der Waals surface area contributed by atoms with Crippen molar-refractivity contribution in [2.75, 3.05) is 19.6 Å². The first kappa shape index (κ1) is 12.1. The summed E-state index contributed by atoms with van der Waals surface area (Å²) in [6.45, 7) is 1.61. The second-order valence-electron chi connectivity index (χ2n) is 4.80. The van der Waals surface area contributed by atoms with Crippen LogP contribution in [0.1, 0.15) is 38.5 Å². The third kappa shape index (κ3) is 3.58. The van der Waals surface area contributed by atoms with E-state index in [-0.39, 0.29) is 18.4 Å². The van der Waals surface area contributed by atoms with Crippen molar-refractivity contribution in [3.8, 4) is 0 Å². The van der Waals surface area contributed by atoms with Gasteiger partial charge in [0.05, 0.1) is 6.54 Å². The molecule has 1 saturated heterocycles. The molecule has 0 saturated carbocycles. The van der Waals surface area contributed by atoms with Gasteiger partial charge in [-0.2, -0.15) is 0 Å². The fourth-order valence-corrected chi connectivity index (χ4v) is 2.39. The average Bonchev–Trinajstić information content (AvgIpc) is 2.55. The third-order valence-electron chi connectivity index (χ3n) is 3.38. The number of allylic oxidation sites excluding steroid dienone is 1. The Balaban J connectivity index is 1.89. The van der Waals surface area contributed by atoms with E-state index in [2.05, 4.69) is 11.4 Å². The van der Waals surface area contributed by atoms with Crippen LogP contribution in [0.2, 0.25) is 0 Å². The molecule has 1 aliphatic heterocycles.